The van der Waals surface area contributed by atoms with Crippen LogP contribution in [-0.2, 0) is 5.60 Å². The fourth-order valence-corrected chi connectivity index (χ4v) is 2.03. The van der Waals surface area contributed by atoms with E-state index in [1.807, 2.05) is 0 Å². The zero-order chi connectivity index (χ0) is 16.0. The molecule has 0 bridgehead atoms. The van der Waals surface area contributed by atoms with Crippen LogP contribution in [0.15, 0.2) is 28.7 Å². The topological polar surface area (TPSA) is 20.2 Å². The summed E-state index contributed by atoms with van der Waals surface area (Å²) in [4.78, 5) is 0. The lowest BCUT2D eigenvalue weighted by Gasteiger charge is -2.38. The molecule has 0 radical (unpaired) electrons. The number of alkyl halides is 8. The Kier molecular flexibility index (Phi) is 4.14. The highest BCUT2D eigenvalue weighted by atomic mass is 79.9. The minimum atomic E-state index is -6.59. The molecule has 114 valence electrons. The molecule has 0 fully saturated rings. The second kappa shape index (κ2) is 4.83. The molecule has 20 heavy (non-hydrogen) atoms. The monoisotopic (exact) mass is 372 g/mol. The van der Waals surface area contributed by atoms with E-state index in [0.29, 0.717) is 6.07 Å². The molecule has 1 N–H and O–H groups in total. The second-order valence-corrected chi connectivity index (χ2v) is 4.61. The maximum absolute atomic E-state index is 13.2. The van der Waals surface area contributed by atoms with Crippen molar-refractivity contribution in [2.75, 3.05) is 0 Å². The van der Waals surface area contributed by atoms with Crippen LogP contribution in [0.5, 0.6) is 0 Å². The Hall–Kier alpha value is -0.900. The summed E-state index contributed by atoms with van der Waals surface area (Å²) in [5.74, 6) is -6.43. The molecule has 1 aromatic carbocycles. The van der Waals surface area contributed by atoms with E-state index in [9.17, 15) is 40.2 Å². The first kappa shape index (κ1) is 17.2. The van der Waals surface area contributed by atoms with E-state index < -0.39 is 33.9 Å². The first-order valence-electron chi connectivity index (χ1n) is 4.75. The molecule has 1 nitrogen and oxygen atoms in total. The van der Waals surface area contributed by atoms with Gasteiger partial charge in [-0.3, -0.25) is 0 Å². The summed E-state index contributed by atoms with van der Waals surface area (Å²) in [6, 6.07) is 3.02. The molecule has 0 aliphatic carbocycles. The Morgan fingerprint density at radius 3 is 1.60 bits per heavy atom. The van der Waals surface area contributed by atoms with Gasteiger partial charge in [0.1, 0.15) is 0 Å². The maximum Gasteiger partial charge on any atom is 0.457 e. The second-order valence-electron chi connectivity index (χ2n) is 3.76. The van der Waals surface area contributed by atoms with Gasteiger partial charge >= 0.3 is 18.3 Å². The van der Waals surface area contributed by atoms with E-state index in [2.05, 4.69) is 15.9 Å². The largest absolute Gasteiger partial charge is 0.457 e. The molecule has 10 heteroatoms. The lowest BCUT2D eigenvalue weighted by atomic mass is 9.86. The van der Waals surface area contributed by atoms with Crippen molar-refractivity contribution >= 4 is 15.9 Å². The zero-order valence-electron chi connectivity index (χ0n) is 9.16. The third kappa shape index (κ3) is 2.39. The van der Waals surface area contributed by atoms with Gasteiger partial charge in [0.05, 0.1) is 0 Å². The fraction of sp³-hybridized carbons (Fsp3) is 0.400. The normalized spacial score (nSPS) is 16.9. The predicted molar refractivity (Wildman–Crippen MR) is 55.1 cm³/mol. The molecule has 0 aliphatic heterocycles. The van der Waals surface area contributed by atoms with Crippen LogP contribution in [0.25, 0.3) is 0 Å². The van der Waals surface area contributed by atoms with Gasteiger partial charge in [0.2, 0.25) is 0 Å². The van der Waals surface area contributed by atoms with Gasteiger partial charge in [-0.05, 0) is 6.07 Å². The standard InChI is InChI=1S/C10H5BrF8O/c11-6-4-2-1-3-5(6)7(20,9(14,15)16)8(12,13)10(17,18)19/h1-4,20H. The van der Waals surface area contributed by atoms with Gasteiger partial charge in [-0.2, -0.15) is 35.1 Å². The van der Waals surface area contributed by atoms with Gasteiger partial charge in [0, 0.05) is 10.0 Å². The fourth-order valence-electron chi connectivity index (χ4n) is 1.46. The first-order valence-corrected chi connectivity index (χ1v) is 5.54. The van der Waals surface area contributed by atoms with E-state index in [4.69, 9.17) is 0 Å². The van der Waals surface area contributed by atoms with Gasteiger partial charge in [0.15, 0.2) is 0 Å². The van der Waals surface area contributed by atoms with E-state index in [-0.39, 0.29) is 0 Å². The Bertz CT molecular complexity index is 495. The van der Waals surface area contributed by atoms with Crippen molar-refractivity contribution in [2.24, 2.45) is 0 Å². The minimum absolute atomic E-state index is 0.331. The summed E-state index contributed by atoms with van der Waals surface area (Å²) in [5, 5.41) is 9.24. The van der Waals surface area contributed by atoms with E-state index in [0.717, 1.165) is 18.2 Å². The molecular formula is C10H5BrF8O. The molecule has 1 aromatic rings. The number of halogens is 9. The highest BCUT2D eigenvalue weighted by molar-refractivity contribution is 9.10. The molecule has 0 aliphatic rings. The summed E-state index contributed by atoms with van der Waals surface area (Å²) in [5.41, 5.74) is -7.03. The highest BCUT2D eigenvalue weighted by Gasteiger charge is 2.80. The van der Waals surface area contributed by atoms with Crippen LogP contribution in [0.3, 0.4) is 0 Å². The van der Waals surface area contributed by atoms with Gasteiger partial charge < -0.3 is 5.11 Å². The Morgan fingerprint density at radius 2 is 1.25 bits per heavy atom. The van der Waals surface area contributed by atoms with Crippen LogP contribution >= 0.6 is 15.9 Å². The van der Waals surface area contributed by atoms with Gasteiger partial charge in [-0.15, -0.1) is 0 Å². The quantitative estimate of drug-likeness (QED) is 0.763. The van der Waals surface area contributed by atoms with Crippen molar-refractivity contribution in [1.29, 1.82) is 0 Å². The number of benzene rings is 1. The van der Waals surface area contributed by atoms with Crippen molar-refractivity contribution in [3.63, 3.8) is 0 Å². The number of hydrogen-bond acceptors (Lipinski definition) is 1. The molecule has 0 spiro atoms. The van der Waals surface area contributed by atoms with E-state index >= 15 is 0 Å². The van der Waals surface area contributed by atoms with Crippen molar-refractivity contribution < 1.29 is 40.2 Å². The average molecular weight is 373 g/mol. The number of hydrogen-bond donors (Lipinski definition) is 1. The zero-order valence-corrected chi connectivity index (χ0v) is 10.7. The van der Waals surface area contributed by atoms with Gasteiger partial charge in [-0.25, -0.2) is 0 Å². The molecule has 1 unspecified atom stereocenters. The van der Waals surface area contributed by atoms with Crippen molar-refractivity contribution in [2.45, 2.75) is 23.9 Å². The third-order valence-electron chi connectivity index (χ3n) is 2.48. The molecule has 0 amide bonds. The average Bonchev–Trinajstić information content (AvgIpc) is 2.25. The molecule has 1 rings (SSSR count). The van der Waals surface area contributed by atoms with Crippen molar-refractivity contribution in [1.82, 2.24) is 0 Å². The van der Waals surface area contributed by atoms with Crippen LogP contribution in [-0.4, -0.2) is 23.4 Å². The Labute approximate surface area is 115 Å². The summed E-state index contributed by atoms with van der Waals surface area (Å²) >= 11 is 2.42. The third-order valence-corrected chi connectivity index (χ3v) is 3.18. The van der Waals surface area contributed by atoms with Crippen LogP contribution in [0.4, 0.5) is 35.1 Å². The van der Waals surface area contributed by atoms with Gasteiger partial charge in [-0.1, -0.05) is 34.1 Å². The molecule has 0 saturated heterocycles. The maximum atomic E-state index is 13.2. The van der Waals surface area contributed by atoms with Crippen LogP contribution < -0.4 is 0 Å². The summed E-state index contributed by atoms with van der Waals surface area (Å²) < 4.78 is 101. The lowest BCUT2D eigenvalue weighted by Crippen LogP contribution is -2.62. The van der Waals surface area contributed by atoms with Crippen LogP contribution in [0.1, 0.15) is 5.56 Å². The number of rotatable bonds is 2. The highest BCUT2D eigenvalue weighted by Crippen LogP contribution is 2.56. The molecule has 0 aromatic heterocycles. The smallest absolute Gasteiger partial charge is 0.371 e. The summed E-state index contributed by atoms with van der Waals surface area (Å²) in [7, 11) is 0. The summed E-state index contributed by atoms with van der Waals surface area (Å²) in [6.07, 6.45) is -12.8. The molecule has 0 heterocycles. The van der Waals surface area contributed by atoms with Crippen LogP contribution in [0.2, 0.25) is 0 Å². The van der Waals surface area contributed by atoms with Crippen molar-refractivity contribution in [3.05, 3.63) is 34.3 Å². The lowest BCUT2D eigenvalue weighted by molar-refractivity contribution is -0.409. The van der Waals surface area contributed by atoms with Gasteiger partial charge in [0.25, 0.3) is 5.60 Å². The van der Waals surface area contributed by atoms with Crippen molar-refractivity contribution in [3.8, 4) is 0 Å². The Morgan fingerprint density at radius 1 is 0.800 bits per heavy atom. The van der Waals surface area contributed by atoms with Crippen LogP contribution in [0, 0.1) is 0 Å². The number of aliphatic hydroxyl groups is 1. The summed E-state index contributed by atoms with van der Waals surface area (Å²) in [6.45, 7) is 0. The SMILES string of the molecule is OC(c1ccccc1Br)(C(F)(F)F)C(F)(F)C(F)(F)F. The minimum Gasteiger partial charge on any atom is -0.371 e. The molecular weight excluding hydrogens is 368 g/mol. The Balaban J connectivity index is 3.69. The van der Waals surface area contributed by atoms with E-state index in [1.165, 1.54) is 0 Å². The molecule has 1 atom stereocenters. The van der Waals surface area contributed by atoms with E-state index in [1.54, 1.807) is 0 Å². The molecule has 0 saturated carbocycles. The first-order chi connectivity index (χ1) is 8.77. The predicted octanol–water partition coefficient (Wildman–Crippen LogP) is 4.40.